The molecule has 1 atom stereocenters. The Kier molecular flexibility index (Phi) is 2.09. The maximum atomic E-state index is 12.0. The molecule has 2 aromatic heterocycles. The van der Waals surface area contributed by atoms with Crippen molar-refractivity contribution in [1.29, 1.82) is 0 Å². The standard InChI is InChI=1S/C11H9N3O4/c1-5-4-18-7-2-12-13-8-9(7)14(5)3-6(10(8)15)11(16)17/h2-3,5H,4H2,1H3,(H,16,17). The molecule has 0 aromatic carbocycles. The van der Waals surface area contributed by atoms with Crippen LogP contribution < -0.4 is 10.2 Å². The number of carboxylic acid groups (broad SMARTS) is 1. The molecule has 3 rings (SSSR count). The lowest BCUT2D eigenvalue weighted by atomic mass is 10.1. The van der Waals surface area contributed by atoms with Crippen molar-refractivity contribution in [2.75, 3.05) is 6.61 Å². The van der Waals surface area contributed by atoms with E-state index in [0.29, 0.717) is 17.9 Å². The second-order valence-corrected chi connectivity index (χ2v) is 4.15. The molecule has 1 aliphatic heterocycles. The van der Waals surface area contributed by atoms with E-state index in [1.54, 1.807) is 4.57 Å². The van der Waals surface area contributed by atoms with Crippen LogP contribution in [0.3, 0.4) is 0 Å². The minimum absolute atomic E-state index is 0.0268. The summed E-state index contributed by atoms with van der Waals surface area (Å²) in [5.74, 6) is -0.816. The van der Waals surface area contributed by atoms with E-state index in [1.165, 1.54) is 12.4 Å². The van der Waals surface area contributed by atoms with Crippen LogP contribution in [0.15, 0.2) is 17.2 Å². The van der Waals surface area contributed by atoms with Gasteiger partial charge in [-0.2, -0.15) is 5.10 Å². The molecule has 2 aromatic rings. The van der Waals surface area contributed by atoms with E-state index in [-0.39, 0.29) is 17.1 Å². The summed E-state index contributed by atoms with van der Waals surface area (Å²) in [5, 5.41) is 16.4. The lowest BCUT2D eigenvalue weighted by Gasteiger charge is -2.25. The van der Waals surface area contributed by atoms with Crippen LogP contribution in [0.4, 0.5) is 0 Å². The molecule has 18 heavy (non-hydrogen) atoms. The van der Waals surface area contributed by atoms with Crippen molar-refractivity contribution >= 4 is 17.0 Å². The van der Waals surface area contributed by atoms with E-state index in [0.717, 1.165) is 0 Å². The molecule has 0 spiro atoms. The first-order chi connectivity index (χ1) is 8.59. The summed E-state index contributed by atoms with van der Waals surface area (Å²) in [5.41, 5.74) is -0.416. The fourth-order valence-electron chi connectivity index (χ4n) is 2.05. The molecule has 1 unspecified atom stereocenters. The van der Waals surface area contributed by atoms with Gasteiger partial charge in [-0.05, 0) is 6.92 Å². The molecule has 92 valence electrons. The highest BCUT2D eigenvalue weighted by Gasteiger charge is 2.24. The van der Waals surface area contributed by atoms with E-state index in [2.05, 4.69) is 10.2 Å². The van der Waals surface area contributed by atoms with Crippen LogP contribution >= 0.6 is 0 Å². The summed E-state index contributed by atoms with van der Waals surface area (Å²) in [7, 11) is 0. The first-order valence-corrected chi connectivity index (χ1v) is 5.36. The van der Waals surface area contributed by atoms with Gasteiger partial charge < -0.3 is 14.4 Å². The van der Waals surface area contributed by atoms with Crippen LogP contribution in [-0.4, -0.2) is 32.4 Å². The average molecular weight is 247 g/mol. The zero-order chi connectivity index (χ0) is 12.9. The van der Waals surface area contributed by atoms with Gasteiger partial charge in [0.05, 0.1) is 12.2 Å². The van der Waals surface area contributed by atoms with Gasteiger partial charge >= 0.3 is 5.97 Å². The summed E-state index contributed by atoms with van der Waals surface area (Å²) in [6, 6.07) is -0.0668. The predicted molar refractivity (Wildman–Crippen MR) is 61.0 cm³/mol. The van der Waals surface area contributed by atoms with Crippen molar-refractivity contribution in [1.82, 2.24) is 14.8 Å². The van der Waals surface area contributed by atoms with E-state index >= 15 is 0 Å². The molecule has 1 aliphatic rings. The van der Waals surface area contributed by atoms with Gasteiger partial charge in [-0.3, -0.25) is 4.79 Å². The lowest BCUT2D eigenvalue weighted by molar-refractivity contribution is 0.0694. The summed E-state index contributed by atoms with van der Waals surface area (Å²) >= 11 is 0. The van der Waals surface area contributed by atoms with Crippen molar-refractivity contribution in [2.24, 2.45) is 0 Å². The largest absolute Gasteiger partial charge is 0.487 e. The SMILES string of the molecule is CC1COc2cnnc3c(=O)c(C(=O)O)cn1c23. The number of carboxylic acids is 1. The van der Waals surface area contributed by atoms with Crippen LogP contribution in [0.1, 0.15) is 23.3 Å². The third kappa shape index (κ3) is 1.30. The predicted octanol–water partition coefficient (Wildman–Crippen LogP) is 0.443. The van der Waals surface area contributed by atoms with Gasteiger partial charge in [0.2, 0.25) is 5.43 Å². The van der Waals surface area contributed by atoms with Crippen LogP contribution in [0, 0.1) is 0 Å². The fourth-order valence-corrected chi connectivity index (χ4v) is 2.05. The molecule has 0 bridgehead atoms. The smallest absolute Gasteiger partial charge is 0.341 e. The van der Waals surface area contributed by atoms with E-state index in [4.69, 9.17) is 9.84 Å². The highest BCUT2D eigenvalue weighted by Crippen LogP contribution is 2.29. The number of ether oxygens (including phenoxy) is 1. The number of aromatic carboxylic acids is 1. The summed E-state index contributed by atoms with van der Waals surface area (Å²) in [4.78, 5) is 23.0. The number of nitrogens with zero attached hydrogens (tertiary/aromatic N) is 3. The normalized spacial score (nSPS) is 17.5. The number of rotatable bonds is 1. The van der Waals surface area contributed by atoms with Crippen molar-refractivity contribution in [3.05, 3.63) is 28.2 Å². The van der Waals surface area contributed by atoms with E-state index in [1.807, 2.05) is 6.92 Å². The fraction of sp³-hybridized carbons (Fsp3) is 0.273. The average Bonchev–Trinajstić information content (AvgIpc) is 2.35. The Hall–Kier alpha value is -2.44. The summed E-state index contributed by atoms with van der Waals surface area (Å²) in [6.45, 7) is 2.27. The van der Waals surface area contributed by atoms with Gasteiger partial charge in [-0.25, -0.2) is 4.79 Å². The Morgan fingerprint density at radius 2 is 2.39 bits per heavy atom. The monoisotopic (exact) mass is 247 g/mol. The van der Waals surface area contributed by atoms with Gasteiger partial charge in [-0.1, -0.05) is 0 Å². The number of pyridine rings is 1. The molecule has 3 heterocycles. The van der Waals surface area contributed by atoms with Crippen molar-refractivity contribution in [2.45, 2.75) is 13.0 Å². The van der Waals surface area contributed by atoms with Gasteiger partial charge in [0.15, 0.2) is 11.3 Å². The molecular formula is C11H9N3O4. The second-order valence-electron chi connectivity index (χ2n) is 4.15. The molecule has 0 fully saturated rings. The molecule has 0 aliphatic carbocycles. The van der Waals surface area contributed by atoms with Crippen molar-refractivity contribution in [3.63, 3.8) is 0 Å². The maximum Gasteiger partial charge on any atom is 0.341 e. The number of carbonyl (C=O) groups is 1. The third-order valence-corrected chi connectivity index (χ3v) is 2.96. The molecular weight excluding hydrogens is 238 g/mol. The maximum absolute atomic E-state index is 12.0. The molecule has 0 amide bonds. The van der Waals surface area contributed by atoms with Crippen LogP contribution in [0.5, 0.6) is 5.75 Å². The molecule has 1 N–H and O–H groups in total. The van der Waals surface area contributed by atoms with Gasteiger partial charge in [-0.15, -0.1) is 5.10 Å². The minimum atomic E-state index is -1.27. The molecule has 0 radical (unpaired) electrons. The molecule has 7 nitrogen and oxygen atoms in total. The lowest BCUT2D eigenvalue weighted by Crippen LogP contribution is -2.27. The Bertz CT molecular complexity index is 722. The second kappa shape index (κ2) is 3.52. The topological polar surface area (TPSA) is 94.3 Å². The first-order valence-electron chi connectivity index (χ1n) is 5.36. The van der Waals surface area contributed by atoms with Crippen LogP contribution in [0.2, 0.25) is 0 Å². The first kappa shape index (κ1) is 10.7. The van der Waals surface area contributed by atoms with Crippen LogP contribution in [0.25, 0.3) is 11.0 Å². The van der Waals surface area contributed by atoms with Crippen molar-refractivity contribution < 1.29 is 14.6 Å². The minimum Gasteiger partial charge on any atom is -0.487 e. The van der Waals surface area contributed by atoms with Gasteiger partial charge in [0, 0.05) is 6.20 Å². The number of aromatic nitrogens is 3. The molecule has 7 heteroatoms. The highest BCUT2D eigenvalue weighted by molar-refractivity contribution is 5.92. The summed E-state index contributed by atoms with van der Waals surface area (Å²) in [6.07, 6.45) is 2.76. The van der Waals surface area contributed by atoms with E-state index < -0.39 is 11.4 Å². The van der Waals surface area contributed by atoms with Gasteiger partial charge in [0.25, 0.3) is 0 Å². The molecule has 0 saturated heterocycles. The zero-order valence-electron chi connectivity index (χ0n) is 9.45. The van der Waals surface area contributed by atoms with E-state index in [9.17, 15) is 9.59 Å². The highest BCUT2D eigenvalue weighted by atomic mass is 16.5. The summed E-state index contributed by atoms with van der Waals surface area (Å²) < 4.78 is 7.16. The van der Waals surface area contributed by atoms with Gasteiger partial charge in [0.1, 0.15) is 17.7 Å². The number of hydrogen-bond acceptors (Lipinski definition) is 5. The third-order valence-electron chi connectivity index (χ3n) is 2.96. The number of hydrogen-bond donors (Lipinski definition) is 1. The zero-order valence-corrected chi connectivity index (χ0v) is 9.45. The Balaban J connectivity index is 2.52. The van der Waals surface area contributed by atoms with Crippen molar-refractivity contribution in [3.8, 4) is 5.75 Å². The molecule has 0 saturated carbocycles. The van der Waals surface area contributed by atoms with Crippen LogP contribution in [-0.2, 0) is 0 Å². The Morgan fingerprint density at radius 3 is 3.11 bits per heavy atom. The Morgan fingerprint density at radius 1 is 1.61 bits per heavy atom. The quantitative estimate of drug-likeness (QED) is 0.785. The Labute approximate surface area is 101 Å².